The summed E-state index contributed by atoms with van der Waals surface area (Å²) in [5.74, 6) is -0.0386. The van der Waals surface area contributed by atoms with E-state index in [1.165, 1.54) is 0 Å². The first kappa shape index (κ1) is 15.2. The summed E-state index contributed by atoms with van der Waals surface area (Å²) >= 11 is 0. The number of pyridine rings is 1. The largest absolute Gasteiger partial charge is 0.396 e. The molecule has 0 radical (unpaired) electrons. The van der Waals surface area contributed by atoms with Crippen LogP contribution >= 0.6 is 0 Å². The van der Waals surface area contributed by atoms with Gasteiger partial charge in [-0.2, -0.15) is 0 Å². The van der Waals surface area contributed by atoms with Gasteiger partial charge < -0.3 is 15.0 Å². The summed E-state index contributed by atoms with van der Waals surface area (Å²) in [6, 6.07) is 11.4. The van der Waals surface area contributed by atoms with Crippen molar-refractivity contribution in [3.8, 4) is 0 Å². The lowest BCUT2D eigenvalue weighted by Gasteiger charge is -2.23. The van der Waals surface area contributed by atoms with Gasteiger partial charge in [-0.3, -0.25) is 9.78 Å². The summed E-state index contributed by atoms with van der Waals surface area (Å²) in [5.41, 5.74) is 2.52. The van der Waals surface area contributed by atoms with Crippen molar-refractivity contribution in [2.45, 2.75) is 13.0 Å². The number of carbonyl (C=O) groups is 1. The minimum atomic E-state index is -0.0386. The highest BCUT2D eigenvalue weighted by atomic mass is 16.3. The first-order valence-corrected chi connectivity index (χ1v) is 7.65. The van der Waals surface area contributed by atoms with Crippen molar-refractivity contribution in [1.82, 2.24) is 14.9 Å². The number of nitrogens with one attached hydrogen (secondary N) is 1. The van der Waals surface area contributed by atoms with Crippen LogP contribution in [0.25, 0.3) is 10.9 Å². The number of para-hydroxylation sites is 1. The second-order valence-electron chi connectivity index (χ2n) is 5.41. The Labute approximate surface area is 134 Å². The highest BCUT2D eigenvalue weighted by Crippen LogP contribution is 2.19. The van der Waals surface area contributed by atoms with Crippen molar-refractivity contribution in [3.05, 3.63) is 66.1 Å². The number of hydrogen-bond acceptors (Lipinski definition) is 3. The number of aliphatic hydroxyl groups excluding tert-OH is 1. The van der Waals surface area contributed by atoms with E-state index in [1.807, 2.05) is 42.6 Å². The summed E-state index contributed by atoms with van der Waals surface area (Å²) in [7, 11) is 0. The topological polar surface area (TPSA) is 69.2 Å². The molecular weight excluding hydrogens is 290 g/mol. The third-order valence-corrected chi connectivity index (χ3v) is 3.81. The van der Waals surface area contributed by atoms with E-state index in [2.05, 4.69) is 9.97 Å². The predicted octanol–water partition coefficient (Wildman–Crippen LogP) is 2.59. The number of aromatic amines is 1. The zero-order valence-corrected chi connectivity index (χ0v) is 12.8. The maximum Gasteiger partial charge on any atom is 0.256 e. The molecule has 2 aromatic heterocycles. The second kappa shape index (κ2) is 7.07. The molecule has 0 saturated heterocycles. The van der Waals surface area contributed by atoms with Gasteiger partial charge in [-0.25, -0.2) is 0 Å². The summed E-state index contributed by atoms with van der Waals surface area (Å²) in [6.07, 6.45) is 5.82. The van der Waals surface area contributed by atoms with E-state index in [1.54, 1.807) is 17.3 Å². The van der Waals surface area contributed by atoms with Crippen LogP contribution in [0.15, 0.2) is 55.0 Å². The summed E-state index contributed by atoms with van der Waals surface area (Å²) in [6.45, 7) is 1.07. The van der Waals surface area contributed by atoms with E-state index < -0.39 is 0 Å². The molecule has 0 bridgehead atoms. The smallest absolute Gasteiger partial charge is 0.256 e. The molecule has 0 unspecified atom stereocenters. The molecule has 5 heteroatoms. The van der Waals surface area contributed by atoms with E-state index >= 15 is 0 Å². The Morgan fingerprint density at radius 3 is 2.78 bits per heavy atom. The van der Waals surface area contributed by atoms with Gasteiger partial charge in [0, 0.05) is 43.7 Å². The van der Waals surface area contributed by atoms with Crippen LogP contribution in [0.3, 0.4) is 0 Å². The van der Waals surface area contributed by atoms with E-state index in [0.29, 0.717) is 25.1 Å². The number of aromatic nitrogens is 2. The number of carbonyl (C=O) groups excluding carboxylic acids is 1. The monoisotopic (exact) mass is 309 g/mol. The predicted molar refractivity (Wildman–Crippen MR) is 89.0 cm³/mol. The molecule has 3 rings (SSSR count). The van der Waals surface area contributed by atoms with Crippen LogP contribution in [0, 0.1) is 0 Å². The molecule has 0 aliphatic rings. The van der Waals surface area contributed by atoms with Crippen molar-refractivity contribution < 1.29 is 9.90 Å². The van der Waals surface area contributed by atoms with Crippen molar-refractivity contribution in [3.63, 3.8) is 0 Å². The minimum Gasteiger partial charge on any atom is -0.396 e. The number of H-pyrrole nitrogens is 1. The van der Waals surface area contributed by atoms with Gasteiger partial charge >= 0.3 is 0 Å². The van der Waals surface area contributed by atoms with Crippen LogP contribution in [0.1, 0.15) is 22.3 Å². The lowest BCUT2D eigenvalue weighted by Crippen LogP contribution is -2.32. The van der Waals surface area contributed by atoms with Crippen LogP contribution in [0.2, 0.25) is 0 Å². The fourth-order valence-corrected chi connectivity index (χ4v) is 2.66. The van der Waals surface area contributed by atoms with Gasteiger partial charge in [0.2, 0.25) is 0 Å². The number of amides is 1. The van der Waals surface area contributed by atoms with E-state index in [-0.39, 0.29) is 12.5 Å². The van der Waals surface area contributed by atoms with E-state index in [0.717, 1.165) is 16.5 Å². The Hall–Kier alpha value is -2.66. The molecule has 0 atom stereocenters. The second-order valence-corrected chi connectivity index (χ2v) is 5.41. The highest BCUT2D eigenvalue weighted by molar-refractivity contribution is 6.05. The normalized spacial score (nSPS) is 10.8. The van der Waals surface area contributed by atoms with Crippen LogP contribution in [0.5, 0.6) is 0 Å². The third-order valence-electron chi connectivity index (χ3n) is 3.81. The van der Waals surface area contributed by atoms with Gasteiger partial charge in [-0.1, -0.05) is 12.1 Å². The first-order chi connectivity index (χ1) is 11.3. The fraction of sp³-hybridized carbons (Fsp3) is 0.222. The molecule has 118 valence electrons. The van der Waals surface area contributed by atoms with Crippen molar-refractivity contribution in [2.75, 3.05) is 13.2 Å². The van der Waals surface area contributed by atoms with E-state index in [4.69, 9.17) is 5.11 Å². The van der Waals surface area contributed by atoms with Gasteiger partial charge in [0.1, 0.15) is 0 Å². The SMILES string of the molecule is O=C(c1cccc2cc[nH]c12)N(CCCO)Cc1ccncc1. The summed E-state index contributed by atoms with van der Waals surface area (Å²) in [4.78, 5) is 21.9. The molecule has 3 aromatic rings. The highest BCUT2D eigenvalue weighted by Gasteiger charge is 2.18. The number of fused-ring (bicyclic) bond motifs is 1. The third kappa shape index (κ3) is 3.40. The van der Waals surface area contributed by atoms with Gasteiger partial charge in [-0.05, 0) is 36.2 Å². The molecule has 0 aliphatic heterocycles. The Balaban J connectivity index is 1.89. The lowest BCUT2D eigenvalue weighted by atomic mass is 10.1. The molecule has 2 N–H and O–H groups in total. The lowest BCUT2D eigenvalue weighted by molar-refractivity contribution is 0.0734. The number of rotatable bonds is 6. The van der Waals surface area contributed by atoms with Crippen LogP contribution in [-0.2, 0) is 6.54 Å². The Morgan fingerprint density at radius 2 is 2.00 bits per heavy atom. The van der Waals surface area contributed by atoms with Crippen molar-refractivity contribution in [2.24, 2.45) is 0 Å². The Kier molecular flexibility index (Phi) is 4.68. The molecular formula is C18H19N3O2. The van der Waals surface area contributed by atoms with Crippen molar-refractivity contribution in [1.29, 1.82) is 0 Å². The summed E-state index contributed by atoms with van der Waals surface area (Å²) in [5, 5.41) is 10.1. The molecule has 2 heterocycles. The van der Waals surface area contributed by atoms with Gasteiger partial charge in [-0.15, -0.1) is 0 Å². The number of benzene rings is 1. The maximum absolute atomic E-state index is 13.0. The molecule has 0 fully saturated rings. The van der Waals surface area contributed by atoms with Gasteiger partial charge in [0.25, 0.3) is 5.91 Å². The van der Waals surface area contributed by atoms with Crippen molar-refractivity contribution >= 4 is 16.8 Å². The molecule has 1 aromatic carbocycles. The fourth-order valence-electron chi connectivity index (χ4n) is 2.66. The standard InChI is InChI=1S/C18H19N3O2/c22-12-2-11-21(13-14-5-8-19-9-6-14)18(23)16-4-1-3-15-7-10-20-17(15)16/h1,3-10,20,22H,2,11-13H2. The van der Waals surface area contributed by atoms with Crippen LogP contribution in [-0.4, -0.2) is 39.0 Å². The number of hydrogen-bond donors (Lipinski definition) is 2. The van der Waals surface area contributed by atoms with E-state index in [9.17, 15) is 4.79 Å². The molecule has 0 spiro atoms. The Bertz CT molecular complexity index is 783. The quantitative estimate of drug-likeness (QED) is 0.735. The first-order valence-electron chi connectivity index (χ1n) is 7.65. The average Bonchev–Trinajstić information content (AvgIpc) is 3.07. The summed E-state index contributed by atoms with van der Waals surface area (Å²) < 4.78 is 0. The van der Waals surface area contributed by atoms with Crippen LogP contribution in [0.4, 0.5) is 0 Å². The minimum absolute atomic E-state index is 0.0386. The molecule has 1 amide bonds. The molecule has 23 heavy (non-hydrogen) atoms. The molecule has 5 nitrogen and oxygen atoms in total. The Morgan fingerprint density at radius 1 is 1.17 bits per heavy atom. The average molecular weight is 309 g/mol. The molecule has 0 saturated carbocycles. The van der Waals surface area contributed by atoms with Gasteiger partial charge in [0.05, 0.1) is 11.1 Å². The zero-order chi connectivity index (χ0) is 16.1. The number of nitrogens with zero attached hydrogens (tertiary/aromatic N) is 2. The van der Waals surface area contributed by atoms with Crippen LogP contribution < -0.4 is 0 Å². The van der Waals surface area contributed by atoms with Gasteiger partial charge in [0.15, 0.2) is 0 Å². The number of aliphatic hydroxyl groups is 1. The molecule has 0 aliphatic carbocycles. The zero-order valence-electron chi connectivity index (χ0n) is 12.8. The maximum atomic E-state index is 13.0.